The average Bonchev–Trinajstić information content (AvgIpc) is 2.38. The van der Waals surface area contributed by atoms with Crippen LogP contribution in [0.5, 0.6) is 0 Å². The van der Waals surface area contributed by atoms with Crippen LogP contribution in [0.3, 0.4) is 0 Å². The molecule has 18 heavy (non-hydrogen) atoms. The third-order valence-corrected chi connectivity index (χ3v) is 3.10. The second-order valence-corrected chi connectivity index (χ2v) is 4.31. The van der Waals surface area contributed by atoms with Gasteiger partial charge in [0.05, 0.1) is 0 Å². The molecule has 2 aromatic rings. The van der Waals surface area contributed by atoms with Crippen LogP contribution < -0.4 is 5.32 Å². The number of nitrogens with one attached hydrogen (secondary N) is 1. The number of rotatable bonds is 4. The zero-order valence-electron chi connectivity index (χ0n) is 10.3. The fourth-order valence-electron chi connectivity index (χ4n) is 2.03. The predicted molar refractivity (Wildman–Crippen MR) is 82.6 cm³/mol. The van der Waals surface area contributed by atoms with Gasteiger partial charge >= 0.3 is 0 Å². The number of hydrogen-bond acceptors (Lipinski definition) is 1. The standard InChI is InChI=1S/C15H16ClN.ClH/c1-12(17-11-5-10-16)14-9-4-7-13-6-2-3-8-15(13)14;/h2-10,12,17H,11H2,1H3;1H/b10-5+;/t12-;/m1./s1. The molecule has 0 saturated carbocycles. The number of fused-ring (bicyclic) bond motifs is 1. The smallest absolute Gasteiger partial charge is 0.0300 e. The zero-order chi connectivity index (χ0) is 12.1. The molecule has 0 spiro atoms. The highest BCUT2D eigenvalue weighted by Crippen LogP contribution is 2.23. The summed E-state index contributed by atoms with van der Waals surface area (Å²) >= 11 is 5.51. The monoisotopic (exact) mass is 281 g/mol. The Morgan fingerprint density at radius 2 is 1.89 bits per heavy atom. The molecule has 2 rings (SSSR count). The molecule has 1 nitrogen and oxygen atoms in total. The molecule has 0 fully saturated rings. The molecule has 0 aliphatic carbocycles. The molecule has 0 heterocycles. The van der Waals surface area contributed by atoms with E-state index in [0.29, 0.717) is 6.04 Å². The van der Waals surface area contributed by atoms with Crippen molar-refractivity contribution < 1.29 is 0 Å². The van der Waals surface area contributed by atoms with E-state index < -0.39 is 0 Å². The highest BCUT2D eigenvalue weighted by Gasteiger charge is 2.07. The molecule has 0 aliphatic rings. The number of halogens is 2. The second-order valence-electron chi connectivity index (χ2n) is 4.06. The van der Waals surface area contributed by atoms with E-state index in [1.54, 1.807) is 5.54 Å². The number of hydrogen-bond donors (Lipinski definition) is 1. The van der Waals surface area contributed by atoms with Crippen LogP contribution in [0.15, 0.2) is 54.1 Å². The van der Waals surface area contributed by atoms with Gasteiger partial charge in [-0.1, -0.05) is 60.1 Å². The maximum atomic E-state index is 5.51. The van der Waals surface area contributed by atoms with Crippen molar-refractivity contribution in [3.05, 3.63) is 59.6 Å². The summed E-state index contributed by atoms with van der Waals surface area (Å²) in [6.45, 7) is 2.96. The van der Waals surface area contributed by atoms with Crippen LogP contribution in [-0.2, 0) is 0 Å². The summed E-state index contributed by atoms with van der Waals surface area (Å²) in [4.78, 5) is 0. The van der Waals surface area contributed by atoms with E-state index in [1.165, 1.54) is 16.3 Å². The molecule has 0 aromatic heterocycles. The predicted octanol–water partition coefficient (Wildman–Crippen LogP) is 4.66. The van der Waals surface area contributed by atoms with Crippen LogP contribution in [0.4, 0.5) is 0 Å². The normalized spacial score (nSPS) is 12.6. The summed E-state index contributed by atoms with van der Waals surface area (Å²) < 4.78 is 0. The van der Waals surface area contributed by atoms with Gasteiger partial charge in [-0.05, 0) is 23.3 Å². The van der Waals surface area contributed by atoms with Gasteiger partial charge in [0, 0.05) is 18.1 Å². The first-order chi connectivity index (χ1) is 8.33. The SMILES string of the molecule is C[C@@H](NC/C=C/Cl)c1cccc2ccccc12.Cl. The van der Waals surface area contributed by atoms with Crippen molar-refractivity contribution in [1.82, 2.24) is 5.32 Å². The van der Waals surface area contributed by atoms with E-state index in [4.69, 9.17) is 11.6 Å². The molecule has 0 aliphatic heterocycles. The van der Waals surface area contributed by atoms with Gasteiger partial charge < -0.3 is 5.32 Å². The minimum atomic E-state index is 0. The van der Waals surface area contributed by atoms with Gasteiger partial charge in [-0.25, -0.2) is 0 Å². The molecule has 96 valence electrons. The van der Waals surface area contributed by atoms with Gasteiger partial charge in [-0.2, -0.15) is 0 Å². The zero-order valence-corrected chi connectivity index (χ0v) is 11.8. The fourth-order valence-corrected chi connectivity index (χ4v) is 2.12. The summed E-state index contributed by atoms with van der Waals surface area (Å²) in [7, 11) is 0. The van der Waals surface area contributed by atoms with E-state index in [9.17, 15) is 0 Å². The van der Waals surface area contributed by atoms with Gasteiger partial charge in [-0.3, -0.25) is 0 Å². The molecule has 0 unspecified atom stereocenters. The lowest BCUT2D eigenvalue weighted by molar-refractivity contribution is 0.622. The summed E-state index contributed by atoms with van der Waals surface area (Å²) in [5, 5.41) is 6.01. The van der Waals surface area contributed by atoms with Gasteiger partial charge in [0.1, 0.15) is 0 Å². The van der Waals surface area contributed by atoms with Crippen molar-refractivity contribution in [2.24, 2.45) is 0 Å². The van der Waals surface area contributed by atoms with Crippen LogP contribution in [0.25, 0.3) is 10.8 Å². The molecule has 0 amide bonds. The van der Waals surface area contributed by atoms with Gasteiger partial charge in [0.25, 0.3) is 0 Å². The Kier molecular flexibility index (Phi) is 6.20. The summed E-state index contributed by atoms with van der Waals surface area (Å²) in [6.07, 6.45) is 1.91. The first-order valence-corrected chi connectivity index (χ1v) is 6.23. The first kappa shape index (κ1) is 15.0. The maximum absolute atomic E-state index is 5.51. The Morgan fingerprint density at radius 1 is 1.17 bits per heavy atom. The van der Waals surface area contributed by atoms with Crippen LogP contribution >= 0.6 is 24.0 Å². The number of benzene rings is 2. The third-order valence-electron chi connectivity index (χ3n) is 2.92. The molecule has 2 aromatic carbocycles. The minimum Gasteiger partial charge on any atom is -0.307 e. The van der Waals surface area contributed by atoms with Crippen molar-refractivity contribution in [3.8, 4) is 0 Å². The van der Waals surface area contributed by atoms with Crippen molar-refractivity contribution in [2.45, 2.75) is 13.0 Å². The van der Waals surface area contributed by atoms with Gasteiger partial charge in [0.2, 0.25) is 0 Å². The first-order valence-electron chi connectivity index (χ1n) is 5.79. The van der Waals surface area contributed by atoms with E-state index in [-0.39, 0.29) is 12.4 Å². The van der Waals surface area contributed by atoms with Crippen LogP contribution in [0.1, 0.15) is 18.5 Å². The van der Waals surface area contributed by atoms with Crippen molar-refractivity contribution in [3.63, 3.8) is 0 Å². The Morgan fingerprint density at radius 3 is 2.67 bits per heavy atom. The quantitative estimate of drug-likeness (QED) is 0.859. The average molecular weight is 282 g/mol. The largest absolute Gasteiger partial charge is 0.307 e. The van der Waals surface area contributed by atoms with Gasteiger partial charge in [-0.15, -0.1) is 12.4 Å². The van der Waals surface area contributed by atoms with Crippen molar-refractivity contribution in [1.29, 1.82) is 0 Å². The van der Waals surface area contributed by atoms with E-state index in [0.717, 1.165) is 6.54 Å². The Bertz CT molecular complexity index is 517. The van der Waals surface area contributed by atoms with Crippen molar-refractivity contribution >= 4 is 34.8 Å². The second kappa shape index (κ2) is 7.42. The molecule has 3 heteroatoms. The molecule has 1 N–H and O–H groups in total. The topological polar surface area (TPSA) is 12.0 Å². The van der Waals surface area contributed by atoms with E-state index in [1.807, 2.05) is 6.08 Å². The Balaban J connectivity index is 0.00000162. The summed E-state index contributed by atoms with van der Waals surface area (Å²) in [5.74, 6) is 0. The van der Waals surface area contributed by atoms with Crippen molar-refractivity contribution in [2.75, 3.05) is 6.54 Å². The highest BCUT2D eigenvalue weighted by atomic mass is 35.5. The third kappa shape index (κ3) is 3.49. The van der Waals surface area contributed by atoms with Gasteiger partial charge in [0.15, 0.2) is 0 Å². The highest BCUT2D eigenvalue weighted by molar-refractivity contribution is 6.25. The molecule has 1 atom stereocenters. The molecule has 0 bridgehead atoms. The lowest BCUT2D eigenvalue weighted by Gasteiger charge is -2.15. The lowest BCUT2D eigenvalue weighted by Crippen LogP contribution is -2.18. The van der Waals surface area contributed by atoms with E-state index in [2.05, 4.69) is 54.7 Å². The Hall–Kier alpha value is -1.02. The summed E-state index contributed by atoms with van der Waals surface area (Å²) in [5.41, 5.74) is 2.87. The lowest BCUT2D eigenvalue weighted by atomic mass is 10.00. The molecule has 0 saturated heterocycles. The van der Waals surface area contributed by atoms with Crippen LogP contribution in [-0.4, -0.2) is 6.54 Å². The molecular formula is C15H17Cl2N. The van der Waals surface area contributed by atoms with Crippen LogP contribution in [0, 0.1) is 0 Å². The summed E-state index contributed by atoms with van der Waals surface area (Å²) in [6, 6.07) is 15.2. The fraction of sp³-hybridized carbons (Fsp3) is 0.200. The molecular weight excluding hydrogens is 265 g/mol. The maximum Gasteiger partial charge on any atom is 0.0300 e. The van der Waals surface area contributed by atoms with Crippen LogP contribution in [0.2, 0.25) is 0 Å². The minimum absolute atomic E-state index is 0. The molecule has 0 radical (unpaired) electrons. The van der Waals surface area contributed by atoms with E-state index >= 15 is 0 Å². The Labute approximate surface area is 119 Å².